The summed E-state index contributed by atoms with van der Waals surface area (Å²) in [6.07, 6.45) is 6.09. The average molecular weight is 194 g/mol. The van der Waals surface area contributed by atoms with E-state index in [1.165, 1.54) is 24.8 Å². The minimum atomic E-state index is 0.856. The molecule has 0 fully saturated rings. The van der Waals surface area contributed by atoms with E-state index in [-0.39, 0.29) is 0 Å². The van der Waals surface area contributed by atoms with Crippen molar-refractivity contribution in [1.29, 1.82) is 0 Å². The lowest BCUT2D eigenvalue weighted by molar-refractivity contribution is 0.373. The molecule has 1 aromatic heterocycles. The van der Waals surface area contributed by atoms with E-state index in [0.717, 1.165) is 37.4 Å². The summed E-state index contributed by atoms with van der Waals surface area (Å²) >= 11 is 0. The molecule has 1 aliphatic carbocycles. The van der Waals surface area contributed by atoms with Crippen LogP contribution in [0.5, 0.6) is 0 Å². The SMILES string of the molecule is CCNCc1noc2c1CCCCC2. The molecule has 0 bridgehead atoms. The van der Waals surface area contributed by atoms with Crippen LogP contribution in [0.2, 0.25) is 0 Å². The van der Waals surface area contributed by atoms with Crippen LogP contribution in [0.15, 0.2) is 4.52 Å². The monoisotopic (exact) mass is 194 g/mol. The quantitative estimate of drug-likeness (QED) is 0.748. The largest absolute Gasteiger partial charge is 0.361 e. The second-order valence-electron chi connectivity index (χ2n) is 3.87. The molecule has 3 nitrogen and oxygen atoms in total. The van der Waals surface area contributed by atoms with E-state index in [1.807, 2.05) is 0 Å². The zero-order valence-corrected chi connectivity index (χ0v) is 8.81. The summed E-state index contributed by atoms with van der Waals surface area (Å²) in [5.41, 5.74) is 2.51. The summed E-state index contributed by atoms with van der Waals surface area (Å²) in [7, 11) is 0. The number of hydrogen-bond acceptors (Lipinski definition) is 3. The Labute approximate surface area is 84.9 Å². The molecule has 0 aliphatic heterocycles. The summed E-state index contributed by atoms with van der Waals surface area (Å²) in [6.45, 7) is 3.95. The Morgan fingerprint density at radius 2 is 2.14 bits per heavy atom. The van der Waals surface area contributed by atoms with Crippen LogP contribution in [0, 0.1) is 0 Å². The highest BCUT2D eigenvalue weighted by Gasteiger charge is 2.17. The minimum Gasteiger partial charge on any atom is -0.361 e. The predicted molar refractivity (Wildman–Crippen MR) is 55.1 cm³/mol. The standard InChI is InChI=1S/C11H18N2O/c1-2-12-8-10-9-6-4-3-5-7-11(9)14-13-10/h12H,2-8H2,1H3. The van der Waals surface area contributed by atoms with Gasteiger partial charge in [0.15, 0.2) is 0 Å². The molecule has 0 radical (unpaired) electrons. The van der Waals surface area contributed by atoms with Gasteiger partial charge in [-0.25, -0.2) is 0 Å². The van der Waals surface area contributed by atoms with Crippen molar-refractivity contribution in [3.63, 3.8) is 0 Å². The van der Waals surface area contributed by atoms with E-state index < -0.39 is 0 Å². The maximum Gasteiger partial charge on any atom is 0.140 e. The lowest BCUT2D eigenvalue weighted by Gasteiger charge is -2.00. The Bertz CT molecular complexity index is 293. The van der Waals surface area contributed by atoms with Crippen LogP contribution in [0.1, 0.15) is 43.2 Å². The lowest BCUT2D eigenvalue weighted by atomic mass is 10.1. The minimum absolute atomic E-state index is 0.856. The molecule has 1 N–H and O–H groups in total. The van der Waals surface area contributed by atoms with E-state index in [1.54, 1.807) is 0 Å². The molecule has 2 rings (SSSR count). The number of nitrogens with zero attached hydrogens (tertiary/aromatic N) is 1. The van der Waals surface area contributed by atoms with Crippen LogP contribution in [0.3, 0.4) is 0 Å². The van der Waals surface area contributed by atoms with Crippen LogP contribution in [-0.2, 0) is 19.4 Å². The molecule has 0 unspecified atom stereocenters. The number of aryl methyl sites for hydroxylation is 1. The summed E-state index contributed by atoms with van der Waals surface area (Å²) in [5, 5.41) is 7.44. The van der Waals surface area contributed by atoms with Crippen LogP contribution < -0.4 is 5.32 Å². The molecule has 3 heteroatoms. The Morgan fingerprint density at radius 1 is 1.29 bits per heavy atom. The lowest BCUT2D eigenvalue weighted by Crippen LogP contribution is -2.13. The maximum absolute atomic E-state index is 5.37. The predicted octanol–water partition coefficient (Wildman–Crippen LogP) is 2.05. The molecule has 0 spiro atoms. The van der Waals surface area contributed by atoms with Gasteiger partial charge in [-0.1, -0.05) is 18.5 Å². The molecule has 0 saturated heterocycles. The van der Waals surface area contributed by atoms with Gasteiger partial charge in [-0.3, -0.25) is 0 Å². The average Bonchev–Trinajstić information content (AvgIpc) is 2.45. The first-order valence-electron chi connectivity index (χ1n) is 5.59. The van der Waals surface area contributed by atoms with Gasteiger partial charge in [-0.2, -0.15) is 0 Å². The first-order valence-corrected chi connectivity index (χ1v) is 5.59. The highest BCUT2D eigenvalue weighted by molar-refractivity contribution is 5.24. The summed E-state index contributed by atoms with van der Waals surface area (Å²) in [6, 6.07) is 0. The van der Waals surface area contributed by atoms with Gasteiger partial charge in [-0.05, 0) is 25.8 Å². The summed E-state index contributed by atoms with van der Waals surface area (Å²) in [5.74, 6) is 1.13. The van der Waals surface area contributed by atoms with Gasteiger partial charge in [0.25, 0.3) is 0 Å². The first kappa shape index (κ1) is 9.71. The van der Waals surface area contributed by atoms with Crippen LogP contribution in [0.4, 0.5) is 0 Å². The normalized spacial score (nSPS) is 16.4. The molecule has 1 aliphatic rings. The topological polar surface area (TPSA) is 38.1 Å². The van der Waals surface area contributed by atoms with Crippen molar-refractivity contribution in [2.24, 2.45) is 0 Å². The fourth-order valence-corrected chi connectivity index (χ4v) is 2.01. The molecule has 1 aromatic rings. The fraction of sp³-hybridized carbons (Fsp3) is 0.727. The van der Waals surface area contributed by atoms with Crippen LogP contribution >= 0.6 is 0 Å². The smallest absolute Gasteiger partial charge is 0.140 e. The summed E-state index contributed by atoms with van der Waals surface area (Å²) < 4.78 is 5.37. The van der Waals surface area contributed by atoms with Gasteiger partial charge in [0.2, 0.25) is 0 Å². The number of nitrogens with one attached hydrogen (secondary N) is 1. The Morgan fingerprint density at radius 3 is 3.00 bits per heavy atom. The van der Waals surface area contributed by atoms with E-state index in [9.17, 15) is 0 Å². The second-order valence-corrected chi connectivity index (χ2v) is 3.87. The molecular weight excluding hydrogens is 176 g/mol. The number of fused-ring (bicyclic) bond motifs is 1. The second kappa shape index (κ2) is 4.60. The van der Waals surface area contributed by atoms with Crippen molar-refractivity contribution in [3.05, 3.63) is 17.0 Å². The molecule has 0 amide bonds. The molecule has 14 heavy (non-hydrogen) atoms. The van der Waals surface area contributed by atoms with Crippen LogP contribution in [-0.4, -0.2) is 11.7 Å². The third kappa shape index (κ3) is 1.98. The van der Waals surface area contributed by atoms with Gasteiger partial charge in [0, 0.05) is 18.5 Å². The Balaban J connectivity index is 2.12. The van der Waals surface area contributed by atoms with Gasteiger partial charge in [0.1, 0.15) is 11.5 Å². The molecule has 0 saturated carbocycles. The van der Waals surface area contributed by atoms with Crippen molar-refractivity contribution in [1.82, 2.24) is 10.5 Å². The number of rotatable bonds is 3. The zero-order valence-electron chi connectivity index (χ0n) is 8.81. The summed E-state index contributed by atoms with van der Waals surface area (Å²) in [4.78, 5) is 0. The van der Waals surface area contributed by atoms with E-state index in [4.69, 9.17) is 4.52 Å². The van der Waals surface area contributed by atoms with Crippen LogP contribution in [0.25, 0.3) is 0 Å². The first-order chi connectivity index (χ1) is 6.92. The molecule has 0 atom stereocenters. The molecule has 78 valence electrons. The van der Waals surface area contributed by atoms with Crippen molar-refractivity contribution in [3.8, 4) is 0 Å². The number of hydrogen-bond donors (Lipinski definition) is 1. The fourth-order valence-electron chi connectivity index (χ4n) is 2.01. The molecule has 1 heterocycles. The van der Waals surface area contributed by atoms with E-state index in [0.29, 0.717) is 0 Å². The molecule has 0 aromatic carbocycles. The van der Waals surface area contributed by atoms with Crippen molar-refractivity contribution >= 4 is 0 Å². The van der Waals surface area contributed by atoms with Crippen molar-refractivity contribution < 1.29 is 4.52 Å². The highest BCUT2D eigenvalue weighted by atomic mass is 16.5. The zero-order chi connectivity index (χ0) is 9.80. The van der Waals surface area contributed by atoms with Gasteiger partial charge in [0.05, 0.1) is 0 Å². The van der Waals surface area contributed by atoms with Gasteiger partial charge in [-0.15, -0.1) is 0 Å². The molecular formula is C11H18N2O. The third-order valence-electron chi connectivity index (χ3n) is 2.82. The Kier molecular flexibility index (Phi) is 3.19. The Hall–Kier alpha value is -0.830. The third-order valence-corrected chi connectivity index (χ3v) is 2.82. The number of aromatic nitrogens is 1. The van der Waals surface area contributed by atoms with Gasteiger partial charge < -0.3 is 9.84 Å². The van der Waals surface area contributed by atoms with Crippen molar-refractivity contribution in [2.45, 2.75) is 45.6 Å². The van der Waals surface area contributed by atoms with E-state index in [2.05, 4.69) is 17.4 Å². The van der Waals surface area contributed by atoms with Crippen molar-refractivity contribution in [2.75, 3.05) is 6.54 Å². The maximum atomic E-state index is 5.37. The van der Waals surface area contributed by atoms with E-state index >= 15 is 0 Å². The van der Waals surface area contributed by atoms with Gasteiger partial charge >= 0.3 is 0 Å². The highest BCUT2D eigenvalue weighted by Crippen LogP contribution is 2.23.